The van der Waals surface area contributed by atoms with Crippen LogP contribution in [0.2, 0.25) is 0 Å². The van der Waals surface area contributed by atoms with Gasteiger partial charge in [-0.1, -0.05) is 19.1 Å². The van der Waals surface area contributed by atoms with Crippen molar-refractivity contribution < 1.29 is 62.9 Å². The summed E-state index contributed by atoms with van der Waals surface area (Å²) in [6.45, 7) is 7.33. The number of hydrogen-bond donors (Lipinski definition) is 3. The summed E-state index contributed by atoms with van der Waals surface area (Å²) in [6.07, 6.45) is -4.54. The number of hydrogen-bond acceptors (Lipinski definition) is 14. The van der Waals surface area contributed by atoms with Crippen LogP contribution in [0, 0.1) is 0 Å². The summed E-state index contributed by atoms with van der Waals surface area (Å²) in [7, 11) is 3.87. The Hall–Kier alpha value is -3.31. The van der Waals surface area contributed by atoms with Crippen molar-refractivity contribution in [3.05, 3.63) is 57.6 Å². The van der Waals surface area contributed by atoms with Gasteiger partial charge in [0.2, 0.25) is 0 Å². The first-order valence-corrected chi connectivity index (χ1v) is 19.0. The van der Waals surface area contributed by atoms with E-state index in [1.54, 1.807) is 13.0 Å². The van der Waals surface area contributed by atoms with Crippen molar-refractivity contribution in [1.29, 1.82) is 0 Å². The third kappa shape index (κ3) is 6.20. The maximum Gasteiger partial charge on any atom is 0.198 e. The molecular weight excluding hydrogens is 702 g/mol. The van der Waals surface area contributed by atoms with Crippen molar-refractivity contribution in [2.24, 2.45) is 0 Å². The van der Waals surface area contributed by atoms with Gasteiger partial charge in [-0.05, 0) is 71.8 Å². The van der Waals surface area contributed by atoms with E-state index in [4.69, 9.17) is 33.2 Å². The SMILES string of the molecule is CCC1(O)CCc2cc3c(c(O)c2C1OC1CC(N(C)C)C(OC2CC4OC5CC(=O)C(C)OC5OC4C(C)O2)C(C)O1)C(=O)c1cccc(O)c1C3=O. The predicted octanol–water partition coefficient (Wildman–Crippen LogP) is 3.46. The van der Waals surface area contributed by atoms with E-state index in [2.05, 4.69) is 0 Å². The number of aliphatic hydroxyl groups is 1. The molecule has 4 heterocycles. The molecule has 2 aromatic carbocycles. The molecule has 292 valence electrons. The molecule has 6 aliphatic rings. The van der Waals surface area contributed by atoms with Gasteiger partial charge in [0.05, 0.1) is 35.0 Å². The van der Waals surface area contributed by atoms with Crippen molar-refractivity contribution in [1.82, 2.24) is 4.90 Å². The van der Waals surface area contributed by atoms with Crippen LogP contribution in [0.1, 0.15) is 109 Å². The number of aromatic hydroxyl groups is 2. The molecule has 0 saturated carbocycles. The summed E-state index contributed by atoms with van der Waals surface area (Å²) in [4.78, 5) is 41.7. The van der Waals surface area contributed by atoms with Crippen LogP contribution in [0.5, 0.6) is 11.5 Å². The number of fused-ring (bicyclic) bond motifs is 5. The molecule has 4 saturated heterocycles. The molecule has 13 unspecified atom stereocenters. The highest BCUT2D eigenvalue weighted by molar-refractivity contribution is 6.30. The summed E-state index contributed by atoms with van der Waals surface area (Å²) in [5, 5.41) is 34.3. The Bertz CT molecular complexity index is 1850. The van der Waals surface area contributed by atoms with E-state index < -0.39 is 72.3 Å². The highest BCUT2D eigenvalue weighted by Gasteiger charge is 2.52. The lowest BCUT2D eigenvalue weighted by Gasteiger charge is -2.51. The number of rotatable bonds is 6. The lowest BCUT2D eigenvalue weighted by molar-refractivity contribution is -0.372. The smallest absolute Gasteiger partial charge is 0.198 e. The van der Waals surface area contributed by atoms with Crippen LogP contribution in [0.15, 0.2) is 24.3 Å². The van der Waals surface area contributed by atoms with Gasteiger partial charge in [0.15, 0.2) is 36.2 Å². The van der Waals surface area contributed by atoms with Crippen molar-refractivity contribution in [3.8, 4) is 11.5 Å². The minimum absolute atomic E-state index is 0.00236. The van der Waals surface area contributed by atoms with Crippen molar-refractivity contribution in [2.75, 3.05) is 14.1 Å². The van der Waals surface area contributed by atoms with Crippen LogP contribution >= 0.6 is 0 Å². The Balaban J connectivity index is 1.02. The largest absolute Gasteiger partial charge is 0.507 e. The number of ketones is 3. The predicted molar refractivity (Wildman–Crippen MR) is 188 cm³/mol. The number of Topliss-reactive ketones (excluding diaryl/α,β-unsaturated/α-hetero) is 1. The van der Waals surface area contributed by atoms with Crippen LogP contribution < -0.4 is 0 Å². The Morgan fingerprint density at radius 1 is 0.870 bits per heavy atom. The number of ether oxygens (including phenoxy) is 7. The summed E-state index contributed by atoms with van der Waals surface area (Å²) in [5.74, 6) is -1.89. The molecule has 0 bridgehead atoms. The van der Waals surface area contributed by atoms with Crippen LogP contribution in [-0.4, -0.2) is 125 Å². The first-order valence-electron chi connectivity index (χ1n) is 19.0. The minimum atomic E-state index is -1.42. The number of aryl methyl sites for hydroxylation is 1. The average Bonchev–Trinajstić information content (AvgIpc) is 3.12. The van der Waals surface area contributed by atoms with Crippen molar-refractivity contribution >= 4 is 17.3 Å². The second-order valence-corrected chi connectivity index (χ2v) is 15.8. The number of phenolic OH excluding ortho intramolecular Hbond substituents is 2. The first-order chi connectivity index (χ1) is 25.7. The van der Waals surface area contributed by atoms with E-state index in [0.29, 0.717) is 24.8 Å². The normalized spacial score (nSPS) is 39.0. The molecule has 3 N–H and O–H groups in total. The number of nitrogens with zero attached hydrogens (tertiary/aromatic N) is 1. The topological polar surface area (TPSA) is 180 Å². The molecule has 14 nitrogen and oxygen atoms in total. The van der Waals surface area contributed by atoms with Gasteiger partial charge in [0.1, 0.15) is 42.0 Å². The van der Waals surface area contributed by atoms with Crippen LogP contribution in [0.3, 0.4) is 0 Å². The van der Waals surface area contributed by atoms with E-state index in [9.17, 15) is 29.7 Å². The summed E-state index contributed by atoms with van der Waals surface area (Å²) in [5.41, 5.74) is -0.855. The van der Waals surface area contributed by atoms with Crippen molar-refractivity contribution in [3.63, 3.8) is 0 Å². The minimum Gasteiger partial charge on any atom is -0.507 e. The van der Waals surface area contributed by atoms with Gasteiger partial charge in [0, 0.05) is 42.0 Å². The molecule has 8 rings (SSSR count). The van der Waals surface area contributed by atoms with Gasteiger partial charge in [-0.2, -0.15) is 0 Å². The second kappa shape index (κ2) is 14.0. The van der Waals surface area contributed by atoms with E-state index >= 15 is 0 Å². The van der Waals surface area contributed by atoms with Gasteiger partial charge in [0.25, 0.3) is 0 Å². The molecule has 0 radical (unpaired) electrons. The first kappa shape index (κ1) is 37.6. The summed E-state index contributed by atoms with van der Waals surface area (Å²) in [6, 6.07) is 5.62. The number of carbonyl (C=O) groups is 3. The fraction of sp³-hybridized carbons (Fsp3) is 0.625. The maximum absolute atomic E-state index is 13.8. The Morgan fingerprint density at radius 3 is 2.33 bits per heavy atom. The molecule has 0 aromatic heterocycles. The van der Waals surface area contributed by atoms with Gasteiger partial charge >= 0.3 is 0 Å². The molecule has 0 amide bonds. The number of carbonyl (C=O) groups excluding carboxylic acids is 3. The third-order valence-electron chi connectivity index (χ3n) is 12.3. The van der Waals surface area contributed by atoms with Crippen molar-refractivity contribution in [2.45, 2.75) is 146 Å². The Morgan fingerprint density at radius 2 is 1.59 bits per heavy atom. The molecule has 0 spiro atoms. The summed E-state index contributed by atoms with van der Waals surface area (Å²) >= 11 is 0. The van der Waals surface area contributed by atoms with Gasteiger partial charge in [-0.25, -0.2) is 0 Å². The molecular formula is C40H49NO13. The molecule has 2 aromatic rings. The number of likely N-dealkylation sites (N-methyl/N-ethyl adjacent to an activating group) is 1. The van der Waals surface area contributed by atoms with Gasteiger partial charge in [-0.3, -0.25) is 14.4 Å². The molecule has 54 heavy (non-hydrogen) atoms. The fourth-order valence-corrected chi connectivity index (χ4v) is 9.18. The van der Waals surface area contributed by atoms with Gasteiger partial charge in [-0.15, -0.1) is 0 Å². The quantitative estimate of drug-likeness (QED) is 0.333. The Kier molecular flexibility index (Phi) is 9.76. The standard InChI is InChI=1S/C40H49NO13/c1-7-40(47)12-11-20-13-22-32(33(44)21-9-8-10-24(42)31(21)34(22)45)35(46)30(20)38(40)53-28-14-23(41(5)6)36(18(3)48-28)52-29-16-26-37(19(4)49-29)54-39-27(51-26)15-25(43)17(2)50-39/h8-10,13,17-19,23,26-29,36-39,42,46-47H,7,11-12,14-16H2,1-6H3. The van der Waals surface area contributed by atoms with E-state index in [1.807, 2.05) is 39.8 Å². The lowest BCUT2D eigenvalue weighted by Crippen LogP contribution is -2.62. The zero-order chi connectivity index (χ0) is 38.4. The van der Waals surface area contributed by atoms with Gasteiger partial charge < -0.3 is 53.4 Å². The lowest BCUT2D eigenvalue weighted by atomic mass is 9.72. The number of benzene rings is 2. The maximum atomic E-state index is 13.8. The zero-order valence-corrected chi connectivity index (χ0v) is 31.4. The van der Waals surface area contributed by atoms with E-state index in [1.165, 1.54) is 18.2 Å². The second-order valence-electron chi connectivity index (χ2n) is 15.8. The molecule has 4 fully saturated rings. The monoisotopic (exact) mass is 751 g/mol. The van der Waals surface area contributed by atoms with Crippen LogP contribution in [0.25, 0.3) is 0 Å². The molecule has 2 aliphatic carbocycles. The average molecular weight is 752 g/mol. The highest BCUT2D eigenvalue weighted by Crippen LogP contribution is 2.51. The zero-order valence-electron chi connectivity index (χ0n) is 31.4. The van der Waals surface area contributed by atoms with E-state index in [0.717, 1.165) is 0 Å². The third-order valence-corrected chi connectivity index (χ3v) is 12.3. The van der Waals surface area contributed by atoms with E-state index in [-0.39, 0.29) is 83.0 Å². The van der Waals surface area contributed by atoms with Crippen LogP contribution in [-0.2, 0) is 44.4 Å². The fourth-order valence-electron chi connectivity index (χ4n) is 9.18. The Labute approximate surface area is 313 Å². The number of phenols is 2. The molecule has 14 heteroatoms. The molecule has 13 atom stereocenters. The van der Waals surface area contributed by atoms with Crippen LogP contribution in [0.4, 0.5) is 0 Å². The molecule has 4 aliphatic heterocycles. The highest BCUT2D eigenvalue weighted by atomic mass is 16.8. The summed E-state index contributed by atoms with van der Waals surface area (Å²) < 4.78 is 44.5.